The van der Waals surface area contributed by atoms with Crippen LogP contribution >= 0.6 is 0 Å². The van der Waals surface area contributed by atoms with E-state index in [1.807, 2.05) is 4.90 Å². The Labute approximate surface area is 149 Å². The van der Waals surface area contributed by atoms with Crippen molar-refractivity contribution in [1.29, 1.82) is 0 Å². The molecule has 2 aliphatic rings. The number of fused-ring (bicyclic) bond motifs is 1. The van der Waals surface area contributed by atoms with Crippen molar-refractivity contribution in [3.05, 3.63) is 0 Å². The molecule has 2 aliphatic heterocycles. The summed E-state index contributed by atoms with van der Waals surface area (Å²) in [5.74, 6) is -1.85. The molecule has 2 rings (SSSR count). The van der Waals surface area contributed by atoms with Gasteiger partial charge in [-0.25, -0.2) is 0 Å². The van der Waals surface area contributed by atoms with Gasteiger partial charge in [-0.05, 0) is 32.1 Å². The number of piperidine rings is 1. The Morgan fingerprint density at radius 3 is 2.24 bits per heavy atom. The molecule has 0 aromatic rings. The lowest BCUT2D eigenvalue weighted by atomic mass is 9.73. The van der Waals surface area contributed by atoms with Gasteiger partial charge in [0, 0.05) is 18.6 Å². The molecule has 0 aromatic heterocycles. The average Bonchev–Trinajstić information content (AvgIpc) is 2.51. The van der Waals surface area contributed by atoms with Gasteiger partial charge in [-0.15, -0.1) is 0 Å². The highest BCUT2D eigenvalue weighted by Gasteiger charge is 2.54. The van der Waals surface area contributed by atoms with E-state index in [1.165, 1.54) is 7.11 Å². The number of piperazine rings is 1. The van der Waals surface area contributed by atoms with E-state index in [1.54, 1.807) is 18.7 Å². The summed E-state index contributed by atoms with van der Waals surface area (Å²) in [7, 11) is 1.35. The molecule has 0 spiro atoms. The van der Waals surface area contributed by atoms with Gasteiger partial charge in [-0.1, -0.05) is 20.8 Å². The molecule has 0 bridgehead atoms. The number of carboxylic acids is 1. The van der Waals surface area contributed by atoms with Crippen LogP contribution in [0.3, 0.4) is 0 Å². The number of hydrogen-bond donors (Lipinski definition) is 1. The van der Waals surface area contributed by atoms with Crippen LogP contribution in [-0.2, 0) is 19.1 Å². The Balaban J connectivity index is 2.41. The van der Waals surface area contributed by atoms with Gasteiger partial charge in [0.05, 0.1) is 19.6 Å². The van der Waals surface area contributed by atoms with Crippen molar-refractivity contribution < 1.29 is 24.2 Å². The normalized spacial score (nSPS) is 28.5. The predicted octanol–water partition coefficient (Wildman–Crippen LogP) is 1.36. The lowest BCUT2D eigenvalue weighted by Gasteiger charge is -2.57. The van der Waals surface area contributed by atoms with Gasteiger partial charge in [-0.3, -0.25) is 19.3 Å². The van der Waals surface area contributed by atoms with Crippen molar-refractivity contribution in [2.24, 2.45) is 11.3 Å². The highest BCUT2D eigenvalue weighted by Crippen LogP contribution is 2.41. The minimum absolute atomic E-state index is 0.0611. The van der Waals surface area contributed by atoms with E-state index in [2.05, 4.69) is 20.8 Å². The van der Waals surface area contributed by atoms with Crippen LogP contribution in [0.4, 0.5) is 0 Å². The molecule has 142 valence electrons. The number of carbonyl (C=O) groups excluding carboxylic acids is 2. The van der Waals surface area contributed by atoms with E-state index >= 15 is 0 Å². The molecule has 0 aromatic carbocycles. The summed E-state index contributed by atoms with van der Waals surface area (Å²) in [4.78, 5) is 40.2. The third-order valence-electron chi connectivity index (χ3n) is 5.59. The summed E-state index contributed by atoms with van der Waals surface area (Å²) in [6, 6.07) is -0.158. The number of aliphatic carboxylic acids is 1. The fourth-order valence-corrected chi connectivity index (χ4v) is 4.31. The zero-order valence-corrected chi connectivity index (χ0v) is 16.0. The summed E-state index contributed by atoms with van der Waals surface area (Å²) < 4.78 is 4.97. The van der Waals surface area contributed by atoms with Crippen LogP contribution in [0.1, 0.15) is 47.5 Å². The molecular formula is C18H30N2O5. The Kier molecular flexibility index (Phi) is 5.19. The molecule has 1 unspecified atom stereocenters. The lowest BCUT2D eigenvalue weighted by molar-refractivity contribution is -0.173. The molecule has 2 saturated heterocycles. The maximum Gasteiger partial charge on any atom is 0.325 e. The first-order chi connectivity index (χ1) is 11.4. The first kappa shape index (κ1) is 19.7. The van der Waals surface area contributed by atoms with Crippen LogP contribution in [0.5, 0.6) is 0 Å². The van der Waals surface area contributed by atoms with Gasteiger partial charge < -0.3 is 14.7 Å². The maximum atomic E-state index is 12.8. The van der Waals surface area contributed by atoms with Gasteiger partial charge in [0.15, 0.2) is 0 Å². The number of nitrogens with zero attached hydrogens (tertiary/aromatic N) is 2. The second kappa shape index (κ2) is 6.59. The molecule has 0 aliphatic carbocycles. The quantitative estimate of drug-likeness (QED) is 0.770. The minimum Gasteiger partial charge on any atom is -0.481 e. The molecular weight excluding hydrogens is 324 g/mol. The monoisotopic (exact) mass is 354 g/mol. The van der Waals surface area contributed by atoms with Crippen LogP contribution in [0, 0.1) is 11.3 Å². The molecule has 0 saturated carbocycles. The number of esters is 1. The molecule has 0 radical (unpaired) electrons. The van der Waals surface area contributed by atoms with E-state index in [4.69, 9.17) is 4.74 Å². The Hall–Kier alpha value is -1.63. The zero-order chi connectivity index (χ0) is 19.2. The highest BCUT2D eigenvalue weighted by atomic mass is 16.5. The van der Waals surface area contributed by atoms with Crippen LogP contribution in [-0.4, -0.2) is 70.6 Å². The molecule has 7 nitrogen and oxygen atoms in total. The summed E-state index contributed by atoms with van der Waals surface area (Å²) in [5.41, 5.74) is -1.12. The largest absolute Gasteiger partial charge is 0.481 e. The summed E-state index contributed by atoms with van der Waals surface area (Å²) in [6.07, 6.45) is 1.17. The van der Waals surface area contributed by atoms with Crippen LogP contribution in [0.25, 0.3) is 0 Å². The summed E-state index contributed by atoms with van der Waals surface area (Å²) in [6.45, 7) is 10.2. The van der Waals surface area contributed by atoms with Crippen molar-refractivity contribution in [2.45, 2.75) is 65.1 Å². The maximum absolute atomic E-state index is 12.8. The molecule has 2 fully saturated rings. The molecule has 1 amide bonds. The lowest BCUT2D eigenvalue weighted by Crippen LogP contribution is -2.72. The topological polar surface area (TPSA) is 87.2 Å². The number of carbonyl (C=O) groups is 3. The molecule has 1 N–H and O–H groups in total. The van der Waals surface area contributed by atoms with Crippen molar-refractivity contribution in [3.63, 3.8) is 0 Å². The van der Waals surface area contributed by atoms with Crippen LogP contribution < -0.4 is 0 Å². The zero-order valence-electron chi connectivity index (χ0n) is 16.0. The van der Waals surface area contributed by atoms with Gasteiger partial charge in [0.1, 0.15) is 5.54 Å². The van der Waals surface area contributed by atoms with E-state index in [0.717, 1.165) is 0 Å². The Morgan fingerprint density at radius 2 is 1.76 bits per heavy atom. The van der Waals surface area contributed by atoms with E-state index < -0.39 is 17.4 Å². The Bertz CT molecular complexity index is 566. The third-order valence-corrected chi connectivity index (χ3v) is 5.59. The molecule has 25 heavy (non-hydrogen) atoms. The predicted molar refractivity (Wildman–Crippen MR) is 91.9 cm³/mol. The summed E-state index contributed by atoms with van der Waals surface area (Å²) >= 11 is 0. The third kappa shape index (κ3) is 3.52. The number of rotatable bonds is 3. The number of methoxy groups -OCH3 is 1. The fourth-order valence-electron chi connectivity index (χ4n) is 4.31. The van der Waals surface area contributed by atoms with Gasteiger partial charge >= 0.3 is 11.9 Å². The average molecular weight is 354 g/mol. The number of amides is 1. The van der Waals surface area contributed by atoms with E-state index in [0.29, 0.717) is 12.8 Å². The van der Waals surface area contributed by atoms with Crippen molar-refractivity contribution in [3.8, 4) is 0 Å². The van der Waals surface area contributed by atoms with E-state index in [9.17, 15) is 19.5 Å². The van der Waals surface area contributed by atoms with Crippen molar-refractivity contribution >= 4 is 17.8 Å². The van der Waals surface area contributed by atoms with E-state index in [-0.39, 0.29) is 42.5 Å². The van der Waals surface area contributed by atoms with Crippen LogP contribution in [0.15, 0.2) is 0 Å². The summed E-state index contributed by atoms with van der Waals surface area (Å²) in [5, 5.41) is 9.32. The Morgan fingerprint density at radius 1 is 1.16 bits per heavy atom. The number of hydrogen-bond acceptors (Lipinski definition) is 5. The van der Waals surface area contributed by atoms with Gasteiger partial charge in [0.25, 0.3) is 0 Å². The van der Waals surface area contributed by atoms with Gasteiger partial charge in [0.2, 0.25) is 5.91 Å². The standard InChI is InChI=1S/C18H30N2O5/c1-17(2,3)14-12-8-7-11(15(22)23)9-19(12)13(21)10-20(14)18(4,5)16(24)25-6/h11-12,14H,7-10H2,1-6H3,(H,22,23)/t11-,12+,14?/m0/s1. The second-order valence-corrected chi connectivity index (χ2v) is 8.72. The number of carboxylic acid groups (broad SMARTS) is 1. The molecule has 7 heteroatoms. The first-order valence-electron chi connectivity index (χ1n) is 8.78. The number of ether oxygens (including phenoxy) is 1. The smallest absolute Gasteiger partial charge is 0.325 e. The minimum atomic E-state index is -0.932. The van der Waals surface area contributed by atoms with Crippen LogP contribution in [0.2, 0.25) is 0 Å². The van der Waals surface area contributed by atoms with Crippen molar-refractivity contribution in [1.82, 2.24) is 9.80 Å². The highest BCUT2D eigenvalue weighted by molar-refractivity contribution is 5.84. The van der Waals surface area contributed by atoms with Crippen molar-refractivity contribution in [2.75, 3.05) is 20.2 Å². The molecule has 3 atom stereocenters. The first-order valence-corrected chi connectivity index (χ1v) is 8.78. The SMILES string of the molecule is COC(=O)C(C)(C)N1CC(=O)N2C[C@@H](C(=O)O)CC[C@@H]2C1C(C)(C)C. The fraction of sp³-hybridized carbons (Fsp3) is 0.833. The molecule has 2 heterocycles. The second-order valence-electron chi connectivity index (χ2n) is 8.72. The van der Waals surface area contributed by atoms with Gasteiger partial charge in [-0.2, -0.15) is 0 Å².